The maximum Gasteiger partial charge on any atom is 0.326 e. The molecular weight excluding hydrogens is 346 g/mol. The summed E-state index contributed by atoms with van der Waals surface area (Å²) >= 11 is 0. The van der Waals surface area contributed by atoms with Crippen LogP contribution >= 0.6 is 0 Å². The molecule has 7 heteroatoms. The number of carboxylic acid groups (broad SMARTS) is 1. The first kappa shape index (κ1) is 18.3. The molecule has 0 aliphatic carbocycles. The van der Waals surface area contributed by atoms with Crippen molar-refractivity contribution in [1.82, 2.24) is 14.9 Å². The van der Waals surface area contributed by atoms with Crippen LogP contribution in [-0.4, -0.2) is 32.6 Å². The predicted molar refractivity (Wildman–Crippen MR) is 100 cm³/mol. The Hall–Kier alpha value is -3.48. The first-order valence-corrected chi connectivity index (χ1v) is 8.55. The Bertz CT molecular complexity index is 1010. The average molecular weight is 365 g/mol. The van der Waals surface area contributed by atoms with Crippen molar-refractivity contribution in [2.45, 2.75) is 25.4 Å². The second kappa shape index (κ2) is 8.27. The van der Waals surface area contributed by atoms with Gasteiger partial charge in [0.1, 0.15) is 6.04 Å². The summed E-state index contributed by atoms with van der Waals surface area (Å²) in [4.78, 5) is 40.2. The summed E-state index contributed by atoms with van der Waals surface area (Å²) in [5.41, 5.74) is 1.18. The molecule has 1 aromatic heterocycles. The minimum Gasteiger partial charge on any atom is -0.480 e. The maximum absolute atomic E-state index is 12.4. The number of hydrogen-bond acceptors (Lipinski definition) is 4. The molecule has 0 spiro atoms. The van der Waals surface area contributed by atoms with Crippen molar-refractivity contribution in [3.05, 3.63) is 76.8 Å². The van der Waals surface area contributed by atoms with Crippen molar-refractivity contribution in [2.24, 2.45) is 0 Å². The number of nitrogens with one attached hydrogen (secondary N) is 1. The van der Waals surface area contributed by atoms with Gasteiger partial charge in [0, 0.05) is 19.4 Å². The van der Waals surface area contributed by atoms with Gasteiger partial charge in [-0.3, -0.25) is 14.2 Å². The summed E-state index contributed by atoms with van der Waals surface area (Å²) < 4.78 is 1.36. The number of hydrogen-bond donors (Lipinski definition) is 2. The molecule has 0 saturated heterocycles. The Morgan fingerprint density at radius 1 is 1.07 bits per heavy atom. The van der Waals surface area contributed by atoms with Gasteiger partial charge in [-0.05, 0) is 17.7 Å². The van der Waals surface area contributed by atoms with Crippen molar-refractivity contribution in [3.63, 3.8) is 0 Å². The van der Waals surface area contributed by atoms with E-state index >= 15 is 0 Å². The molecule has 1 atom stereocenters. The zero-order valence-electron chi connectivity index (χ0n) is 14.5. The highest BCUT2D eigenvalue weighted by Gasteiger charge is 2.20. The largest absolute Gasteiger partial charge is 0.480 e. The second-order valence-electron chi connectivity index (χ2n) is 6.16. The standard InChI is InChI=1S/C20H19N3O4/c24-18(22-17(20(26)27)12-14-6-2-1-3-7-14)10-11-23-13-21-16-9-5-4-8-15(16)19(23)25/h1-9,13,17H,10-12H2,(H,22,24)(H,26,27)/t17-/m0/s1. The van der Waals surface area contributed by atoms with Gasteiger partial charge in [-0.15, -0.1) is 0 Å². The maximum atomic E-state index is 12.4. The SMILES string of the molecule is O=C(CCn1cnc2ccccc2c1=O)N[C@@H](Cc1ccccc1)C(=O)O. The third-order valence-electron chi connectivity index (χ3n) is 4.23. The number of nitrogens with zero attached hydrogens (tertiary/aromatic N) is 2. The number of carbonyl (C=O) groups is 2. The van der Waals surface area contributed by atoms with Gasteiger partial charge in [0.05, 0.1) is 17.2 Å². The van der Waals surface area contributed by atoms with Gasteiger partial charge in [-0.25, -0.2) is 9.78 Å². The van der Waals surface area contributed by atoms with Gasteiger partial charge in [0.2, 0.25) is 5.91 Å². The summed E-state index contributed by atoms with van der Waals surface area (Å²) in [5.74, 6) is -1.53. The number of aromatic nitrogens is 2. The third-order valence-corrected chi connectivity index (χ3v) is 4.23. The number of fused-ring (bicyclic) bond motifs is 1. The molecule has 2 N–H and O–H groups in total. The minimum atomic E-state index is -1.10. The fraction of sp³-hybridized carbons (Fsp3) is 0.200. The molecular formula is C20H19N3O4. The summed E-state index contributed by atoms with van der Waals surface area (Å²) in [5, 5.41) is 12.3. The Balaban J connectivity index is 1.64. The van der Waals surface area contributed by atoms with E-state index in [-0.39, 0.29) is 24.9 Å². The molecule has 7 nitrogen and oxygen atoms in total. The smallest absolute Gasteiger partial charge is 0.326 e. The molecule has 3 rings (SSSR count). The van der Waals surface area contributed by atoms with Gasteiger partial charge in [-0.2, -0.15) is 0 Å². The van der Waals surface area contributed by atoms with Gasteiger partial charge >= 0.3 is 5.97 Å². The zero-order chi connectivity index (χ0) is 19.2. The summed E-state index contributed by atoms with van der Waals surface area (Å²) in [6, 6.07) is 15.0. The summed E-state index contributed by atoms with van der Waals surface area (Å²) in [6.07, 6.45) is 1.58. The topological polar surface area (TPSA) is 101 Å². The number of aryl methyl sites for hydroxylation is 1. The zero-order valence-corrected chi connectivity index (χ0v) is 14.5. The van der Waals surface area contributed by atoms with E-state index in [2.05, 4.69) is 10.3 Å². The van der Waals surface area contributed by atoms with Crippen LogP contribution in [0.5, 0.6) is 0 Å². The highest BCUT2D eigenvalue weighted by molar-refractivity contribution is 5.83. The Labute approximate surface area is 155 Å². The van der Waals surface area contributed by atoms with Crippen molar-refractivity contribution in [1.29, 1.82) is 0 Å². The Morgan fingerprint density at radius 3 is 2.52 bits per heavy atom. The van der Waals surface area contributed by atoms with E-state index in [0.29, 0.717) is 10.9 Å². The lowest BCUT2D eigenvalue weighted by molar-refractivity contribution is -0.141. The first-order valence-electron chi connectivity index (χ1n) is 8.55. The van der Waals surface area contributed by atoms with Crippen molar-refractivity contribution in [2.75, 3.05) is 0 Å². The molecule has 0 fully saturated rings. The normalized spacial score (nSPS) is 11.9. The Kier molecular flexibility index (Phi) is 5.61. The van der Waals surface area contributed by atoms with Crippen LogP contribution in [0.2, 0.25) is 0 Å². The number of benzene rings is 2. The highest BCUT2D eigenvalue weighted by atomic mass is 16.4. The molecule has 27 heavy (non-hydrogen) atoms. The number of amides is 1. The van der Waals surface area contributed by atoms with E-state index in [1.165, 1.54) is 10.9 Å². The molecule has 2 aromatic carbocycles. The van der Waals surface area contributed by atoms with E-state index in [1.807, 2.05) is 30.3 Å². The monoisotopic (exact) mass is 365 g/mol. The summed E-state index contributed by atoms with van der Waals surface area (Å²) in [6.45, 7) is 0.125. The fourth-order valence-corrected chi connectivity index (χ4v) is 2.80. The lowest BCUT2D eigenvalue weighted by atomic mass is 10.1. The second-order valence-corrected chi connectivity index (χ2v) is 6.16. The number of para-hydroxylation sites is 1. The molecule has 3 aromatic rings. The van der Waals surface area contributed by atoms with E-state index in [0.717, 1.165) is 5.56 Å². The lowest BCUT2D eigenvalue weighted by Gasteiger charge is -2.15. The molecule has 1 amide bonds. The van der Waals surface area contributed by atoms with Crippen LogP contribution in [0.1, 0.15) is 12.0 Å². The van der Waals surface area contributed by atoms with Crippen LogP contribution < -0.4 is 10.9 Å². The van der Waals surface area contributed by atoms with Crippen molar-refractivity contribution in [3.8, 4) is 0 Å². The van der Waals surface area contributed by atoms with Crippen LogP contribution in [0.15, 0.2) is 65.7 Å². The average Bonchev–Trinajstić information content (AvgIpc) is 2.68. The number of rotatable bonds is 7. The molecule has 1 heterocycles. The number of aliphatic carboxylic acids is 1. The first-order chi connectivity index (χ1) is 13.0. The summed E-state index contributed by atoms with van der Waals surface area (Å²) in [7, 11) is 0. The van der Waals surface area contributed by atoms with E-state index < -0.39 is 17.9 Å². The van der Waals surface area contributed by atoms with Crippen LogP contribution in [0.4, 0.5) is 0 Å². The highest BCUT2D eigenvalue weighted by Crippen LogP contribution is 2.06. The third kappa shape index (κ3) is 4.58. The van der Waals surface area contributed by atoms with Gasteiger partial charge in [-0.1, -0.05) is 42.5 Å². The molecule has 0 bridgehead atoms. The molecule has 0 aliphatic rings. The van der Waals surface area contributed by atoms with Crippen molar-refractivity contribution >= 4 is 22.8 Å². The van der Waals surface area contributed by atoms with E-state index in [9.17, 15) is 19.5 Å². The molecule has 0 radical (unpaired) electrons. The van der Waals surface area contributed by atoms with E-state index in [4.69, 9.17) is 0 Å². The molecule has 0 aliphatic heterocycles. The van der Waals surface area contributed by atoms with Crippen LogP contribution in [0.3, 0.4) is 0 Å². The van der Waals surface area contributed by atoms with Gasteiger partial charge < -0.3 is 10.4 Å². The van der Waals surface area contributed by atoms with Gasteiger partial charge in [0.25, 0.3) is 5.56 Å². The quantitative estimate of drug-likeness (QED) is 0.662. The molecule has 0 saturated carbocycles. The fourth-order valence-electron chi connectivity index (χ4n) is 2.80. The van der Waals surface area contributed by atoms with Gasteiger partial charge in [0.15, 0.2) is 0 Å². The van der Waals surface area contributed by atoms with Crippen LogP contribution in [-0.2, 0) is 22.6 Å². The van der Waals surface area contributed by atoms with E-state index in [1.54, 1.807) is 24.3 Å². The Morgan fingerprint density at radius 2 is 1.78 bits per heavy atom. The predicted octanol–water partition coefficient (Wildman–Crippen LogP) is 1.60. The molecule has 138 valence electrons. The van der Waals surface area contributed by atoms with Crippen LogP contribution in [0.25, 0.3) is 10.9 Å². The molecule has 0 unspecified atom stereocenters. The van der Waals surface area contributed by atoms with Crippen molar-refractivity contribution < 1.29 is 14.7 Å². The number of carbonyl (C=O) groups excluding carboxylic acids is 1. The number of carboxylic acids is 1. The van der Waals surface area contributed by atoms with Crippen LogP contribution in [0, 0.1) is 0 Å². The lowest BCUT2D eigenvalue weighted by Crippen LogP contribution is -2.42. The minimum absolute atomic E-state index is 0.0154.